The number of halogens is 1. The summed E-state index contributed by atoms with van der Waals surface area (Å²) in [6, 6.07) is 8.34. The number of rotatable bonds is 3. The minimum atomic E-state index is -0.441. The van der Waals surface area contributed by atoms with E-state index in [0.717, 1.165) is 5.39 Å². The van der Waals surface area contributed by atoms with E-state index in [1.54, 1.807) is 24.3 Å². The van der Waals surface area contributed by atoms with E-state index in [9.17, 15) is 10.1 Å². The van der Waals surface area contributed by atoms with Crippen LogP contribution < -0.4 is 4.74 Å². The molecule has 0 aromatic heterocycles. The van der Waals surface area contributed by atoms with Gasteiger partial charge in [-0.15, -0.1) is 0 Å². The van der Waals surface area contributed by atoms with E-state index < -0.39 is 4.92 Å². The van der Waals surface area contributed by atoms with Crippen LogP contribution in [0.15, 0.2) is 30.3 Å². The Kier molecular flexibility index (Phi) is 3.15. The van der Waals surface area contributed by atoms with Gasteiger partial charge in [0.2, 0.25) is 0 Å². The largest absolute Gasteiger partial charge is 0.492 e. The Balaban J connectivity index is 2.77. The zero-order valence-electron chi connectivity index (χ0n) is 9.14. The van der Waals surface area contributed by atoms with Crippen molar-refractivity contribution in [2.45, 2.75) is 6.92 Å². The van der Waals surface area contributed by atoms with Crippen molar-refractivity contribution in [1.29, 1.82) is 0 Å². The van der Waals surface area contributed by atoms with Crippen molar-refractivity contribution in [3.8, 4) is 5.75 Å². The molecule has 2 aromatic carbocycles. The number of benzene rings is 2. The predicted molar refractivity (Wildman–Crippen MR) is 66.8 cm³/mol. The maximum Gasteiger partial charge on any atom is 0.278 e. The fraction of sp³-hybridized carbons (Fsp3) is 0.167. The van der Waals surface area contributed by atoms with Gasteiger partial charge in [-0.2, -0.15) is 0 Å². The van der Waals surface area contributed by atoms with Gasteiger partial charge in [-0.3, -0.25) is 10.1 Å². The zero-order chi connectivity index (χ0) is 12.4. The highest BCUT2D eigenvalue weighted by atomic mass is 35.5. The van der Waals surface area contributed by atoms with Gasteiger partial charge in [0.15, 0.2) is 0 Å². The second kappa shape index (κ2) is 4.59. The van der Waals surface area contributed by atoms with Gasteiger partial charge in [0.25, 0.3) is 5.69 Å². The molecule has 2 aromatic rings. The highest BCUT2D eigenvalue weighted by molar-refractivity contribution is 6.37. The SMILES string of the molecule is CCOc1ccc2cccc([N+](=O)[O-])c2c1Cl. The maximum absolute atomic E-state index is 10.9. The molecule has 0 spiro atoms. The van der Waals surface area contributed by atoms with Gasteiger partial charge in [-0.25, -0.2) is 0 Å². The van der Waals surface area contributed by atoms with E-state index in [0.29, 0.717) is 17.7 Å². The van der Waals surface area contributed by atoms with Crippen molar-refractivity contribution >= 4 is 28.1 Å². The molecule has 17 heavy (non-hydrogen) atoms. The van der Waals surface area contributed by atoms with Crippen molar-refractivity contribution in [3.05, 3.63) is 45.5 Å². The Morgan fingerprint density at radius 3 is 2.76 bits per heavy atom. The van der Waals surface area contributed by atoms with Crippen LogP contribution in [0.5, 0.6) is 5.75 Å². The van der Waals surface area contributed by atoms with E-state index in [1.165, 1.54) is 6.07 Å². The van der Waals surface area contributed by atoms with Gasteiger partial charge >= 0.3 is 0 Å². The lowest BCUT2D eigenvalue weighted by Gasteiger charge is -2.08. The first-order valence-corrected chi connectivity index (χ1v) is 5.51. The number of nitro groups is 1. The number of ether oxygens (including phenoxy) is 1. The van der Waals surface area contributed by atoms with Gasteiger partial charge in [0, 0.05) is 6.07 Å². The molecule has 0 atom stereocenters. The molecule has 5 heteroatoms. The first-order chi connectivity index (χ1) is 8.15. The summed E-state index contributed by atoms with van der Waals surface area (Å²) in [6.45, 7) is 2.30. The molecule has 88 valence electrons. The van der Waals surface area contributed by atoms with Gasteiger partial charge in [-0.1, -0.05) is 29.8 Å². The normalized spacial score (nSPS) is 10.5. The Morgan fingerprint density at radius 2 is 2.12 bits per heavy atom. The van der Waals surface area contributed by atoms with E-state index >= 15 is 0 Å². The van der Waals surface area contributed by atoms with E-state index in [1.807, 2.05) is 6.92 Å². The van der Waals surface area contributed by atoms with Crippen LogP contribution in [0.3, 0.4) is 0 Å². The van der Waals surface area contributed by atoms with Crippen LogP contribution in [0.1, 0.15) is 6.92 Å². The van der Waals surface area contributed by atoms with Gasteiger partial charge in [0.05, 0.1) is 21.9 Å². The lowest BCUT2D eigenvalue weighted by molar-refractivity contribution is -0.383. The Bertz CT molecular complexity index is 583. The van der Waals surface area contributed by atoms with Crippen LogP contribution in [0.2, 0.25) is 5.02 Å². The summed E-state index contributed by atoms with van der Waals surface area (Å²) in [4.78, 5) is 10.5. The van der Waals surface area contributed by atoms with Gasteiger partial charge in [-0.05, 0) is 18.4 Å². The van der Waals surface area contributed by atoms with Gasteiger partial charge in [0.1, 0.15) is 5.75 Å². The molecule has 0 unspecified atom stereocenters. The molecule has 0 fully saturated rings. The summed E-state index contributed by atoms with van der Waals surface area (Å²) in [6.07, 6.45) is 0. The monoisotopic (exact) mass is 251 g/mol. The Morgan fingerprint density at radius 1 is 1.35 bits per heavy atom. The minimum absolute atomic E-state index is 0.00551. The molecule has 0 aliphatic carbocycles. The van der Waals surface area contributed by atoms with E-state index in [2.05, 4.69) is 0 Å². The molecule has 0 saturated heterocycles. The summed E-state index contributed by atoms with van der Waals surface area (Å²) in [5, 5.41) is 12.4. The first-order valence-electron chi connectivity index (χ1n) is 5.13. The zero-order valence-corrected chi connectivity index (χ0v) is 9.90. The lowest BCUT2D eigenvalue weighted by Crippen LogP contribution is -1.94. The smallest absolute Gasteiger partial charge is 0.278 e. The summed E-state index contributed by atoms with van der Waals surface area (Å²) >= 11 is 6.14. The van der Waals surface area contributed by atoms with Crippen molar-refractivity contribution < 1.29 is 9.66 Å². The second-order valence-corrected chi connectivity index (χ2v) is 3.82. The van der Waals surface area contributed by atoms with E-state index in [-0.39, 0.29) is 10.7 Å². The Labute approximate surface area is 103 Å². The summed E-state index contributed by atoms with van der Waals surface area (Å²) in [7, 11) is 0. The number of hydrogen-bond donors (Lipinski definition) is 0. The molecule has 0 aliphatic rings. The molecular formula is C12H10ClNO3. The molecular weight excluding hydrogens is 242 g/mol. The van der Waals surface area contributed by atoms with Crippen molar-refractivity contribution in [1.82, 2.24) is 0 Å². The lowest BCUT2D eigenvalue weighted by atomic mass is 10.1. The predicted octanol–water partition coefficient (Wildman–Crippen LogP) is 3.80. The van der Waals surface area contributed by atoms with Crippen LogP contribution in [0.25, 0.3) is 10.8 Å². The minimum Gasteiger partial charge on any atom is -0.492 e. The third-order valence-corrected chi connectivity index (χ3v) is 2.80. The average Bonchev–Trinajstić information content (AvgIpc) is 2.32. The molecule has 0 aliphatic heterocycles. The van der Waals surface area contributed by atoms with E-state index in [4.69, 9.17) is 16.3 Å². The number of non-ortho nitro benzene ring substituents is 1. The number of nitrogens with zero attached hydrogens (tertiary/aromatic N) is 1. The third-order valence-electron chi connectivity index (χ3n) is 2.42. The Hall–Kier alpha value is -1.81. The number of hydrogen-bond acceptors (Lipinski definition) is 3. The van der Waals surface area contributed by atoms with Crippen molar-refractivity contribution in [2.75, 3.05) is 6.61 Å². The highest BCUT2D eigenvalue weighted by Crippen LogP contribution is 2.37. The van der Waals surface area contributed by atoms with Crippen molar-refractivity contribution in [2.24, 2.45) is 0 Å². The van der Waals surface area contributed by atoms with Crippen LogP contribution in [-0.4, -0.2) is 11.5 Å². The second-order valence-electron chi connectivity index (χ2n) is 3.44. The summed E-state index contributed by atoms with van der Waals surface area (Å²) < 4.78 is 5.32. The van der Waals surface area contributed by atoms with Crippen LogP contribution in [0, 0.1) is 10.1 Å². The molecule has 2 rings (SSSR count). The number of fused-ring (bicyclic) bond motifs is 1. The number of nitro benzene ring substituents is 1. The molecule has 0 saturated carbocycles. The van der Waals surface area contributed by atoms with Crippen molar-refractivity contribution in [3.63, 3.8) is 0 Å². The average molecular weight is 252 g/mol. The topological polar surface area (TPSA) is 52.4 Å². The highest BCUT2D eigenvalue weighted by Gasteiger charge is 2.17. The standard InChI is InChI=1S/C12H10ClNO3/c1-2-17-10-7-6-8-4-3-5-9(14(15)16)11(8)12(10)13/h3-7H,2H2,1H3. The summed E-state index contributed by atoms with van der Waals surface area (Å²) in [5.74, 6) is 0.468. The fourth-order valence-electron chi connectivity index (χ4n) is 1.72. The molecule has 0 radical (unpaired) electrons. The van der Waals surface area contributed by atoms with Crippen LogP contribution in [-0.2, 0) is 0 Å². The first kappa shape index (κ1) is 11.7. The molecule has 0 heterocycles. The maximum atomic E-state index is 10.9. The third kappa shape index (κ3) is 2.03. The van der Waals surface area contributed by atoms with Crippen LogP contribution in [0.4, 0.5) is 5.69 Å². The quantitative estimate of drug-likeness (QED) is 0.616. The summed E-state index contributed by atoms with van der Waals surface area (Å²) in [5.41, 5.74) is -0.00551. The van der Waals surface area contributed by atoms with Crippen LogP contribution >= 0.6 is 11.6 Å². The molecule has 0 bridgehead atoms. The molecule has 0 amide bonds. The fourth-order valence-corrected chi connectivity index (χ4v) is 2.04. The van der Waals surface area contributed by atoms with Gasteiger partial charge < -0.3 is 4.74 Å². The molecule has 4 nitrogen and oxygen atoms in total. The molecule has 0 N–H and O–H groups in total.